The van der Waals surface area contributed by atoms with E-state index in [4.69, 9.17) is 4.74 Å². The molecule has 2 nitrogen and oxygen atoms in total. The minimum Gasteiger partial charge on any atom is -0.378 e. The number of hydrogen-bond acceptors (Lipinski definition) is 2. The lowest BCUT2D eigenvalue weighted by molar-refractivity contribution is -0.0101. The molecule has 1 aliphatic heterocycles. The van der Waals surface area contributed by atoms with Gasteiger partial charge < -0.3 is 10.1 Å². The zero-order valence-corrected chi connectivity index (χ0v) is 9.28. The number of benzene rings is 1. The van der Waals surface area contributed by atoms with Crippen LogP contribution in [-0.2, 0) is 11.2 Å². The largest absolute Gasteiger partial charge is 0.378 e. The van der Waals surface area contributed by atoms with Crippen molar-refractivity contribution < 1.29 is 4.74 Å². The summed E-state index contributed by atoms with van der Waals surface area (Å²) < 4.78 is 5.17. The van der Waals surface area contributed by atoms with E-state index in [2.05, 4.69) is 42.6 Å². The number of ether oxygens (including phenoxy) is 1. The smallest absolute Gasteiger partial charge is 0.0643 e. The van der Waals surface area contributed by atoms with Crippen molar-refractivity contribution in [3.05, 3.63) is 35.9 Å². The van der Waals surface area contributed by atoms with Gasteiger partial charge in [-0.1, -0.05) is 37.3 Å². The van der Waals surface area contributed by atoms with Gasteiger partial charge in [-0.15, -0.1) is 0 Å². The van der Waals surface area contributed by atoms with Crippen LogP contribution in [0.4, 0.5) is 0 Å². The van der Waals surface area contributed by atoms with E-state index >= 15 is 0 Å². The highest BCUT2D eigenvalue weighted by Crippen LogP contribution is 2.09. The first kappa shape index (κ1) is 10.7. The van der Waals surface area contributed by atoms with Crippen molar-refractivity contribution in [3.8, 4) is 0 Å². The van der Waals surface area contributed by atoms with E-state index in [0.717, 1.165) is 19.6 Å². The molecule has 1 N–H and O–H groups in total. The van der Waals surface area contributed by atoms with Crippen LogP contribution in [0.1, 0.15) is 18.9 Å². The Morgan fingerprint density at radius 3 is 2.60 bits per heavy atom. The third-order valence-corrected chi connectivity index (χ3v) is 2.93. The van der Waals surface area contributed by atoms with Crippen molar-refractivity contribution in [1.29, 1.82) is 0 Å². The number of rotatable bonds is 5. The normalized spacial score (nSPS) is 18.5. The molecule has 0 saturated carbocycles. The van der Waals surface area contributed by atoms with Gasteiger partial charge in [-0.2, -0.15) is 0 Å². The molecule has 1 saturated heterocycles. The fraction of sp³-hybridized carbons (Fsp3) is 0.538. The van der Waals surface area contributed by atoms with Gasteiger partial charge in [-0.3, -0.25) is 0 Å². The molecule has 1 aromatic rings. The van der Waals surface area contributed by atoms with E-state index in [9.17, 15) is 0 Å². The molecule has 1 aromatic carbocycles. The molecular weight excluding hydrogens is 186 g/mol. The van der Waals surface area contributed by atoms with Crippen molar-refractivity contribution in [1.82, 2.24) is 5.32 Å². The van der Waals surface area contributed by atoms with Gasteiger partial charge in [0.2, 0.25) is 0 Å². The van der Waals surface area contributed by atoms with Gasteiger partial charge in [-0.25, -0.2) is 0 Å². The molecule has 1 heterocycles. The average Bonchev–Trinajstić information content (AvgIpc) is 2.23. The highest BCUT2D eigenvalue weighted by atomic mass is 16.5. The maximum atomic E-state index is 5.17. The Balaban J connectivity index is 1.84. The Bertz CT molecular complexity index is 282. The predicted octanol–water partition coefficient (Wildman–Crippen LogP) is 2.00. The Kier molecular flexibility index (Phi) is 3.75. The molecular formula is C13H19NO. The zero-order valence-electron chi connectivity index (χ0n) is 9.28. The standard InChI is InChI=1S/C13H19NO/c1-2-12(14-13-9-15-10-13)8-11-6-4-3-5-7-11/h3-7,12-14H,2,8-10H2,1H3. The van der Waals surface area contributed by atoms with Crippen molar-refractivity contribution in [2.75, 3.05) is 13.2 Å². The van der Waals surface area contributed by atoms with Crippen LogP contribution in [0.15, 0.2) is 30.3 Å². The third-order valence-electron chi connectivity index (χ3n) is 2.93. The summed E-state index contributed by atoms with van der Waals surface area (Å²) in [5.74, 6) is 0. The average molecular weight is 205 g/mol. The molecule has 1 atom stereocenters. The fourth-order valence-corrected chi connectivity index (χ4v) is 1.88. The second kappa shape index (κ2) is 5.29. The molecule has 1 fully saturated rings. The van der Waals surface area contributed by atoms with E-state index in [1.165, 1.54) is 12.0 Å². The first-order chi connectivity index (χ1) is 7.38. The van der Waals surface area contributed by atoms with Crippen LogP contribution < -0.4 is 5.32 Å². The summed E-state index contributed by atoms with van der Waals surface area (Å²) >= 11 is 0. The highest BCUT2D eigenvalue weighted by molar-refractivity contribution is 5.15. The second-order valence-corrected chi connectivity index (χ2v) is 4.20. The van der Waals surface area contributed by atoms with Crippen LogP contribution in [-0.4, -0.2) is 25.3 Å². The summed E-state index contributed by atoms with van der Waals surface area (Å²) in [6.45, 7) is 4.00. The first-order valence-electron chi connectivity index (χ1n) is 5.76. The quantitative estimate of drug-likeness (QED) is 0.794. The van der Waals surface area contributed by atoms with Crippen molar-refractivity contribution >= 4 is 0 Å². The van der Waals surface area contributed by atoms with Crippen LogP contribution in [0.2, 0.25) is 0 Å². The molecule has 2 heteroatoms. The molecule has 1 aliphatic rings. The maximum Gasteiger partial charge on any atom is 0.0643 e. The van der Waals surface area contributed by atoms with Gasteiger partial charge in [0.15, 0.2) is 0 Å². The molecule has 82 valence electrons. The number of hydrogen-bond donors (Lipinski definition) is 1. The number of nitrogens with one attached hydrogen (secondary N) is 1. The predicted molar refractivity (Wildman–Crippen MR) is 62.0 cm³/mol. The van der Waals surface area contributed by atoms with Gasteiger partial charge in [-0.05, 0) is 18.4 Å². The highest BCUT2D eigenvalue weighted by Gasteiger charge is 2.20. The molecule has 0 amide bonds. The molecule has 0 aromatic heterocycles. The Morgan fingerprint density at radius 1 is 1.33 bits per heavy atom. The lowest BCUT2D eigenvalue weighted by Gasteiger charge is -2.31. The first-order valence-corrected chi connectivity index (χ1v) is 5.76. The molecule has 15 heavy (non-hydrogen) atoms. The zero-order chi connectivity index (χ0) is 10.5. The second-order valence-electron chi connectivity index (χ2n) is 4.20. The van der Waals surface area contributed by atoms with Crippen LogP contribution >= 0.6 is 0 Å². The van der Waals surface area contributed by atoms with E-state index in [0.29, 0.717) is 12.1 Å². The molecule has 1 unspecified atom stereocenters. The van der Waals surface area contributed by atoms with Gasteiger partial charge in [0.25, 0.3) is 0 Å². The Labute approximate surface area is 91.6 Å². The van der Waals surface area contributed by atoms with Gasteiger partial charge >= 0.3 is 0 Å². The molecule has 0 aliphatic carbocycles. The van der Waals surface area contributed by atoms with E-state index in [1.807, 2.05) is 0 Å². The minimum absolute atomic E-state index is 0.582. The van der Waals surface area contributed by atoms with Crippen molar-refractivity contribution in [3.63, 3.8) is 0 Å². The molecule has 0 bridgehead atoms. The summed E-state index contributed by atoms with van der Waals surface area (Å²) in [6.07, 6.45) is 2.29. The fourth-order valence-electron chi connectivity index (χ4n) is 1.88. The monoisotopic (exact) mass is 205 g/mol. The van der Waals surface area contributed by atoms with Crippen molar-refractivity contribution in [2.24, 2.45) is 0 Å². The summed E-state index contributed by atoms with van der Waals surface area (Å²) in [5, 5.41) is 3.63. The van der Waals surface area contributed by atoms with Gasteiger partial charge in [0, 0.05) is 6.04 Å². The van der Waals surface area contributed by atoms with E-state index in [1.54, 1.807) is 0 Å². The summed E-state index contributed by atoms with van der Waals surface area (Å²) in [4.78, 5) is 0. The lowest BCUT2D eigenvalue weighted by Crippen LogP contribution is -2.50. The van der Waals surface area contributed by atoms with Crippen LogP contribution in [0.25, 0.3) is 0 Å². The Hall–Kier alpha value is -0.860. The maximum absolute atomic E-state index is 5.17. The lowest BCUT2D eigenvalue weighted by atomic mass is 10.0. The molecule has 2 rings (SSSR count). The van der Waals surface area contributed by atoms with E-state index in [-0.39, 0.29) is 0 Å². The topological polar surface area (TPSA) is 21.3 Å². The van der Waals surface area contributed by atoms with Crippen molar-refractivity contribution in [2.45, 2.75) is 31.8 Å². The van der Waals surface area contributed by atoms with Gasteiger partial charge in [0.05, 0.1) is 19.3 Å². The molecule has 0 radical (unpaired) electrons. The van der Waals surface area contributed by atoms with Crippen LogP contribution in [0.3, 0.4) is 0 Å². The third kappa shape index (κ3) is 3.05. The molecule has 0 spiro atoms. The summed E-state index contributed by atoms with van der Waals surface area (Å²) in [7, 11) is 0. The minimum atomic E-state index is 0.582. The van der Waals surface area contributed by atoms with Gasteiger partial charge in [0.1, 0.15) is 0 Å². The van der Waals surface area contributed by atoms with Crippen LogP contribution in [0.5, 0.6) is 0 Å². The summed E-state index contributed by atoms with van der Waals surface area (Å²) in [5.41, 5.74) is 1.41. The summed E-state index contributed by atoms with van der Waals surface area (Å²) in [6, 6.07) is 11.8. The van der Waals surface area contributed by atoms with Crippen LogP contribution in [0, 0.1) is 0 Å². The SMILES string of the molecule is CCC(Cc1ccccc1)NC1COC1. The Morgan fingerprint density at radius 2 is 2.07 bits per heavy atom. The van der Waals surface area contributed by atoms with E-state index < -0.39 is 0 Å².